The van der Waals surface area contributed by atoms with E-state index in [1.165, 1.54) is 19.3 Å². The summed E-state index contributed by atoms with van der Waals surface area (Å²) in [6.45, 7) is 3.82. The number of anilines is 1. The molecule has 0 radical (unpaired) electrons. The largest absolute Gasteiger partial charge is 0.500 e. The molecule has 2 aromatic carbocycles. The lowest BCUT2D eigenvalue weighted by Crippen LogP contribution is -2.35. The van der Waals surface area contributed by atoms with Crippen LogP contribution in [0.4, 0.5) is 11.4 Å². The Morgan fingerprint density at radius 1 is 1.18 bits per heavy atom. The number of aryl methyl sites for hydroxylation is 2. The van der Waals surface area contributed by atoms with Gasteiger partial charge in [0.05, 0.1) is 17.7 Å². The molecule has 9 nitrogen and oxygen atoms in total. The number of carbonyl (C=O) groups is 2. The highest BCUT2D eigenvalue weighted by Crippen LogP contribution is 2.37. The number of methoxy groups -OCH3 is 1. The molecule has 1 heterocycles. The maximum absolute atomic E-state index is 12.7. The smallest absolute Gasteiger partial charge is 0.315 e. The van der Waals surface area contributed by atoms with Crippen LogP contribution in [0.25, 0.3) is 6.08 Å². The lowest BCUT2D eigenvalue weighted by atomic mass is 10.1. The van der Waals surface area contributed by atoms with Crippen molar-refractivity contribution in [2.24, 2.45) is 0 Å². The average Bonchev–Trinajstić information content (AvgIpc) is 2.93. The number of phenolic OH excluding ortho intramolecular Hbond substituents is 1. The Morgan fingerprint density at radius 3 is 2.50 bits per heavy atom. The third-order valence-electron chi connectivity index (χ3n) is 4.44. The minimum atomic E-state index is -0.780. The zero-order chi connectivity index (χ0) is 20.6. The van der Waals surface area contributed by atoms with Crippen molar-refractivity contribution >= 4 is 29.3 Å². The highest BCUT2D eigenvalue weighted by atomic mass is 16.6. The maximum atomic E-state index is 12.7. The van der Waals surface area contributed by atoms with Crippen molar-refractivity contribution in [2.75, 3.05) is 12.1 Å². The monoisotopic (exact) mass is 383 g/mol. The van der Waals surface area contributed by atoms with E-state index >= 15 is 0 Å². The Bertz CT molecular complexity index is 1040. The van der Waals surface area contributed by atoms with Crippen molar-refractivity contribution in [2.45, 2.75) is 13.8 Å². The van der Waals surface area contributed by atoms with Gasteiger partial charge in [-0.25, -0.2) is 5.01 Å². The molecule has 1 saturated heterocycles. The molecule has 2 amide bonds. The lowest BCUT2D eigenvalue weighted by Gasteiger charge is -2.16. The quantitative estimate of drug-likeness (QED) is 0.362. The standard InChI is InChI=1S/C19H17N3O6/c1-10-4-5-13(6-11(10)2)21-19(25)14(18(24)20-21)7-12-8-15(22(26)27)17(23)16(9-12)28-3/h4-9,23H,1-3H3,(H,20,24)/b14-7+. The summed E-state index contributed by atoms with van der Waals surface area (Å²) in [5, 5.41) is 22.1. The molecule has 0 aromatic heterocycles. The van der Waals surface area contributed by atoms with Crippen molar-refractivity contribution in [3.63, 3.8) is 0 Å². The number of nitro benzene ring substituents is 1. The number of hydrogen-bond acceptors (Lipinski definition) is 6. The Kier molecular flexibility index (Phi) is 4.74. The number of benzene rings is 2. The number of nitro groups is 1. The highest BCUT2D eigenvalue weighted by Gasteiger charge is 2.35. The molecular weight excluding hydrogens is 366 g/mol. The van der Waals surface area contributed by atoms with Crippen molar-refractivity contribution in [3.05, 3.63) is 62.7 Å². The number of carbonyl (C=O) groups excluding carboxylic acids is 2. The molecule has 0 unspecified atom stereocenters. The zero-order valence-corrected chi connectivity index (χ0v) is 15.3. The average molecular weight is 383 g/mol. The topological polar surface area (TPSA) is 122 Å². The second kappa shape index (κ2) is 7.03. The first-order chi connectivity index (χ1) is 13.2. The van der Waals surface area contributed by atoms with Gasteiger partial charge in [0.1, 0.15) is 5.57 Å². The number of hydrogen-bond donors (Lipinski definition) is 2. The molecule has 9 heteroatoms. The predicted octanol–water partition coefficient (Wildman–Crippen LogP) is 2.39. The van der Waals surface area contributed by atoms with Gasteiger partial charge in [0.25, 0.3) is 11.8 Å². The lowest BCUT2D eigenvalue weighted by molar-refractivity contribution is -0.386. The van der Waals surface area contributed by atoms with Crippen LogP contribution in [0.3, 0.4) is 0 Å². The number of rotatable bonds is 4. The van der Waals surface area contributed by atoms with Crippen LogP contribution in [0.15, 0.2) is 35.9 Å². The van der Waals surface area contributed by atoms with E-state index in [1.54, 1.807) is 12.1 Å². The molecule has 1 aliphatic rings. The molecule has 2 N–H and O–H groups in total. The Hall–Kier alpha value is -3.88. The number of nitrogens with one attached hydrogen (secondary N) is 1. The van der Waals surface area contributed by atoms with Crippen LogP contribution in [-0.4, -0.2) is 29.0 Å². The minimum absolute atomic E-state index is 0.141. The molecule has 28 heavy (non-hydrogen) atoms. The van der Waals surface area contributed by atoms with Crippen molar-refractivity contribution < 1.29 is 24.4 Å². The van der Waals surface area contributed by atoms with Crippen LogP contribution in [0.1, 0.15) is 16.7 Å². The molecular formula is C19H17N3O6. The van der Waals surface area contributed by atoms with E-state index in [2.05, 4.69) is 5.43 Å². The van der Waals surface area contributed by atoms with Crippen LogP contribution in [0, 0.1) is 24.0 Å². The normalized spacial score (nSPS) is 15.1. The summed E-state index contributed by atoms with van der Waals surface area (Å²) in [5.41, 5.74) is 4.35. The fourth-order valence-electron chi connectivity index (χ4n) is 2.76. The summed E-state index contributed by atoms with van der Waals surface area (Å²) in [7, 11) is 1.24. The van der Waals surface area contributed by atoms with E-state index in [-0.39, 0.29) is 16.9 Å². The first-order valence-corrected chi connectivity index (χ1v) is 8.22. The third kappa shape index (κ3) is 3.25. The van der Waals surface area contributed by atoms with Crippen LogP contribution >= 0.6 is 0 Å². The van der Waals surface area contributed by atoms with Gasteiger partial charge in [-0.3, -0.25) is 25.1 Å². The third-order valence-corrected chi connectivity index (χ3v) is 4.44. The molecule has 0 aliphatic carbocycles. The van der Waals surface area contributed by atoms with E-state index in [1.807, 2.05) is 19.9 Å². The van der Waals surface area contributed by atoms with Gasteiger partial charge in [-0.1, -0.05) is 6.07 Å². The fraction of sp³-hybridized carbons (Fsp3) is 0.158. The molecule has 0 atom stereocenters. The van der Waals surface area contributed by atoms with Gasteiger partial charge in [-0.15, -0.1) is 0 Å². The number of ether oxygens (including phenoxy) is 1. The summed E-state index contributed by atoms with van der Waals surface area (Å²) in [4.78, 5) is 35.4. The fourth-order valence-corrected chi connectivity index (χ4v) is 2.76. The van der Waals surface area contributed by atoms with Gasteiger partial charge < -0.3 is 9.84 Å². The number of aromatic hydroxyl groups is 1. The van der Waals surface area contributed by atoms with E-state index in [0.29, 0.717) is 5.69 Å². The second-order valence-corrected chi connectivity index (χ2v) is 6.26. The van der Waals surface area contributed by atoms with Crippen LogP contribution in [0.5, 0.6) is 11.5 Å². The Morgan fingerprint density at radius 2 is 1.89 bits per heavy atom. The van der Waals surface area contributed by atoms with Crippen molar-refractivity contribution in [1.29, 1.82) is 0 Å². The van der Waals surface area contributed by atoms with Crippen molar-refractivity contribution in [3.8, 4) is 11.5 Å². The summed E-state index contributed by atoms with van der Waals surface area (Å²) >= 11 is 0. The molecule has 2 aromatic rings. The Labute approximate surface area is 160 Å². The number of phenols is 1. The molecule has 3 rings (SSSR count). The maximum Gasteiger partial charge on any atom is 0.315 e. The summed E-state index contributed by atoms with van der Waals surface area (Å²) in [5.74, 6) is -2.01. The van der Waals surface area contributed by atoms with Crippen molar-refractivity contribution in [1.82, 2.24) is 5.43 Å². The Balaban J connectivity index is 2.02. The predicted molar refractivity (Wildman–Crippen MR) is 101 cm³/mol. The summed E-state index contributed by atoms with van der Waals surface area (Å²) in [6, 6.07) is 7.67. The molecule has 1 aliphatic heterocycles. The number of amides is 2. The molecule has 0 spiro atoms. The molecule has 144 valence electrons. The van der Waals surface area contributed by atoms with E-state index in [0.717, 1.165) is 22.2 Å². The first-order valence-electron chi connectivity index (χ1n) is 8.22. The zero-order valence-electron chi connectivity index (χ0n) is 15.3. The number of hydrazine groups is 1. The van der Waals surface area contributed by atoms with Gasteiger partial charge in [0.15, 0.2) is 5.75 Å². The van der Waals surface area contributed by atoms with Crippen LogP contribution in [-0.2, 0) is 9.59 Å². The molecule has 1 fully saturated rings. The highest BCUT2D eigenvalue weighted by molar-refractivity contribution is 6.31. The van der Waals surface area contributed by atoms with Gasteiger partial charge in [0.2, 0.25) is 5.75 Å². The second-order valence-electron chi connectivity index (χ2n) is 6.26. The van der Waals surface area contributed by atoms with E-state index < -0.39 is 28.2 Å². The summed E-state index contributed by atoms with van der Waals surface area (Å²) in [6.07, 6.45) is 1.22. The SMILES string of the molecule is COc1cc(/C=C2\C(=O)NN(c3ccc(C)c(C)c3)C2=O)cc([N+](=O)[O-])c1O. The van der Waals surface area contributed by atoms with Gasteiger partial charge >= 0.3 is 5.69 Å². The van der Waals surface area contributed by atoms with Crippen LogP contribution in [0.2, 0.25) is 0 Å². The van der Waals surface area contributed by atoms with Gasteiger partial charge in [-0.2, -0.15) is 0 Å². The number of nitrogens with zero attached hydrogens (tertiary/aromatic N) is 2. The van der Waals surface area contributed by atoms with Gasteiger partial charge in [-0.05, 0) is 54.8 Å². The van der Waals surface area contributed by atoms with Crippen LogP contribution < -0.4 is 15.2 Å². The molecule has 0 bridgehead atoms. The minimum Gasteiger partial charge on any atom is -0.500 e. The van der Waals surface area contributed by atoms with Gasteiger partial charge in [0, 0.05) is 6.07 Å². The van der Waals surface area contributed by atoms with E-state index in [4.69, 9.17) is 4.74 Å². The molecule has 0 saturated carbocycles. The van der Waals surface area contributed by atoms with E-state index in [9.17, 15) is 24.8 Å². The first kappa shape index (κ1) is 18.9. The summed E-state index contributed by atoms with van der Waals surface area (Å²) < 4.78 is 4.93.